The number of aliphatic carboxylic acids is 1. The van der Waals surface area contributed by atoms with Gasteiger partial charge in [-0.1, -0.05) is 19.1 Å². The molecule has 2 saturated heterocycles. The standard InChI is InChI=1S/C17H28N2O2.C2HF3O2/c1-3-18-10-15(11-21-2)17(12-18)8-9-19(13-17)16(20)14-6-4-5-7-14;3-2(4,5)1(6)7/h4-5,14-15H,3,6-13H2,1-2H3;(H,6,7)/t15-,17-;/m1./s1. The van der Waals surface area contributed by atoms with Gasteiger partial charge >= 0.3 is 12.1 Å². The monoisotopic (exact) mass is 406 g/mol. The highest BCUT2D eigenvalue weighted by Crippen LogP contribution is 2.44. The van der Waals surface area contributed by atoms with E-state index in [0.29, 0.717) is 11.8 Å². The number of rotatable bonds is 4. The molecule has 0 unspecified atom stereocenters. The zero-order valence-electron chi connectivity index (χ0n) is 16.4. The molecule has 2 atom stereocenters. The lowest BCUT2D eigenvalue weighted by atomic mass is 9.77. The third-order valence-corrected chi connectivity index (χ3v) is 5.99. The number of hydrogen-bond donors (Lipinski definition) is 1. The summed E-state index contributed by atoms with van der Waals surface area (Å²) in [6.07, 6.45) is 2.23. The fourth-order valence-corrected chi connectivity index (χ4v) is 4.44. The molecule has 1 aliphatic carbocycles. The topological polar surface area (TPSA) is 70.1 Å². The first-order valence-electron chi connectivity index (χ1n) is 9.58. The molecule has 0 bridgehead atoms. The van der Waals surface area contributed by atoms with E-state index in [4.69, 9.17) is 14.6 Å². The van der Waals surface area contributed by atoms with Crippen molar-refractivity contribution in [2.45, 2.75) is 32.4 Å². The molecule has 6 nitrogen and oxygen atoms in total. The molecule has 28 heavy (non-hydrogen) atoms. The van der Waals surface area contributed by atoms with Crippen molar-refractivity contribution < 1.29 is 32.6 Å². The van der Waals surface area contributed by atoms with Crippen LogP contribution in [0.5, 0.6) is 0 Å². The molecule has 9 heteroatoms. The van der Waals surface area contributed by atoms with E-state index in [9.17, 15) is 18.0 Å². The largest absolute Gasteiger partial charge is 0.490 e. The van der Waals surface area contributed by atoms with Crippen LogP contribution in [-0.4, -0.2) is 79.4 Å². The van der Waals surface area contributed by atoms with Crippen molar-refractivity contribution in [3.63, 3.8) is 0 Å². The average Bonchev–Trinajstić information content (AvgIpc) is 3.36. The summed E-state index contributed by atoms with van der Waals surface area (Å²) in [6.45, 7) is 8.28. The second kappa shape index (κ2) is 9.26. The Bertz CT molecular complexity index is 588. The fourth-order valence-electron chi connectivity index (χ4n) is 4.44. The first-order valence-corrected chi connectivity index (χ1v) is 9.58. The lowest BCUT2D eigenvalue weighted by molar-refractivity contribution is -0.192. The number of nitrogens with zero attached hydrogens (tertiary/aromatic N) is 2. The number of allylic oxidation sites excluding steroid dienone is 2. The summed E-state index contributed by atoms with van der Waals surface area (Å²) in [5.41, 5.74) is 0.272. The van der Waals surface area contributed by atoms with E-state index in [1.807, 2.05) is 0 Å². The van der Waals surface area contributed by atoms with E-state index in [0.717, 1.165) is 58.6 Å². The normalized spacial score (nSPS) is 28.0. The van der Waals surface area contributed by atoms with E-state index in [2.05, 4.69) is 28.9 Å². The second-order valence-electron chi connectivity index (χ2n) is 7.79. The Morgan fingerprint density at radius 2 is 1.86 bits per heavy atom. The molecule has 0 aromatic carbocycles. The van der Waals surface area contributed by atoms with Gasteiger partial charge in [-0.25, -0.2) is 4.79 Å². The van der Waals surface area contributed by atoms with Gasteiger partial charge in [0.2, 0.25) is 5.91 Å². The summed E-state index contributed by atoms with van der Waals surface area (Å²) in [6, 6.07) is 0. The summed E-state index contributed by atoms with van der Waals surface area (Å²) in [7, 11) is 1.80. The van der Waals surface area contributed by atoms with Gasteiger partial charge in [0, 0.05) is 50.5 Å². The third kappa shape index (κ3) is 5.26. The lowest BCUT2D eigenvalue weighted by Crippen LogP contribution is -2.39. The number of carbonyl (C=O) groups is 2. The van der Waals surface area contributed by atoms with Gasteiger partial charge in [-0.3, -0.25) is 4.79 Å². The van der Waals surface area contributed by atoms with E-state index in [1.54, 1.807) is 7.11 Å². The van der Waals surface area contributed by atoms with Crippen LogP contribution in [0.25, 0.3) is 0 Å². The number of carboxylic acids is 1. The first kappa shape index (κ1) is 22.7. The molecule has 2 aliphatic heterocycles. The van der Waals surface area contributed by atoms with Crippen LogP contribution in [0.15, 0.2) is 12.2 Å². The van der Waals surface area contributed by atoms with Crippen molar-refractivity contribution in [3.05, 3.63) is 12.2 Å². The summed E-state index contributed by atoms with van der Waals surface area (Å²) in [5, 5.41) is 7.12. The molecule has 0 radical (unpaired) electrons. The van der Waals surface area contributed by atoms with Crippen LogP contribution in [0.2, 0.25) is 0 Å². The highest BCUT2D eigenvalue weighted by Gasteiger charge is 2.51. The minimum Gasteiger partial charge on any atom is -0.475 e. The molecular weight excluding hydrogens is 377 g/mol. The lowest BCUT2D eigenvalue weighted by Gasteiger charge is -2.30. The maximum absolute atomic E-state index is 12.6. The Labute approximate surface area is 163 Å². The van der Waals surface area contributed by atoms with E-state index in [-0.39, 0.29) is 11.3 Å². The number of halogens is 3. The first-order chi connectivity index (χ1) is 13.1. The van der Waals surface area contributed by atoms with Crippen LogP contribution < -0.4 is 0 Å². The Kier molecular flexibility index (Phi) is 7.50. The predicted molar refractivity (Wildman–Crippen MR) is 96.7 cm³/mol. The summed E-state index contributed by atoms with van der Waals surface area (Å²) < 4.78 is 37.2. The van der Waals surface area contributed by atoms with Crippen LogP contribution in [0.1, 0.15) is 26.2 Å². The van der Waals surface area contributed by atoms with Crippen molar-refractivity contribution in [1.29, 1.82) is 0 Å². The van der Waals surface area contributed by atoms with Crippen LogP contribution in [0.3, 0.4) is 0 Å². The summed E-state index contributed by atoms with van der Waals surface area (Å²) in [5.74, 6) is -1.60. The highest BCUT2D eigenvalue weighted by molar-refractivity contribution is 5.80. The van der Waals surface area contributed by atoms with Gasteiger partial charge in [0.1, 0.15) is 0 Å². The molecule has 160 valence electrons. The van der Waals surface area contributed by atoms with Crippen molar-refractivity contribution in [2.24, 2.45) is 17.3 Å². The maximum atomic E-state index is 12.6. The molecule has 1 spiro atoms. The van der Waals surface area contributed by atoms with Gasteiger partial charge in [0.25, 0.3) is 0 Å². The van der Waals surface area contributed by atoms with Crippen LogP contribution in [-0.2, 0) is 14.3 Å². The van der Waals surface area contributed by atoms with E-state index in [1.165, 1.54) is 0 Å². The molecule has 1 amide bonds. The maximum Gasteiger partial charge on any atom is 0.490 e. The number of alkyl halides is 3. The smallest absolute Gasteiger partial charge is 0.475 e. The summed E-state index contributed by atoms with van der Waals surface area (Å²) in [4.78, 5) is 26.2. The fraction of sp³-hybridized carbons (Fsp3) is 0.789. The second-order valence-corrected chi connectivity index (χ2v) is 7.79. The zero-order valence-corrected chi connectivity index (χ0v) is 16.4. The van der Waals surface area contributed by atoms with Crippen LogP contribution in [0, 0.1) is 17.3 Å². The molecule has 3 rings (SSSR count). The highest BCUT2D eigenvalue weighted by atomic mass is 19.4. The number of methoxy groups -OCH3 is 1. The quantitative estimate of drug-likeness (QED) is 0.726. The number of ether oxygens (including phenoxy) is 1. The number of carbonyl (C=O) groups excluding carboxylic acids is 1. The minimum absolute atomic E-state index is 0.213. The van der Waals surface area contributed by atoms with E-state index < -0.39 is 12.1 Å². The van der Waals surface area contributed by atoms with Crippen LogP contribution >= 0.6 is 0 Å². The van der Waals surface area contributed by atoms with Crippen molar-refractivity contribution in [3.8, 4) is 0 Å². The Morgan fingerprint density at radius 3 is 2.36 bits per heavy atom. The van der Waals surface area contributed by atoms with Crippen LogP contribution in [0.4, 0.5) is 13.2 Å². The molecule has 0 saturated carbocycles. The predicted octanol–water partition coefficient (Wildman–Crippen LogP) is 2.40. The molecule has 2 heterocycles. The van der Waals surface area contributed by atoms with Gasteiger partial charge in [-0.2, -0.15) is 13.2 Å². The van der Waals surface area contributed by atoms with Gasteiger partial charge in [0.15, 0.2) is 0 Å². The molecular formula is C19H29F3N2O4. The Hall–Kier alpha value is -1.61. The number of amides is 1. The molecule has 1 N–H and O–H groups in total. The van der Waals surface area contributed by atoms with Gasteiger partial charge in [0.05, 0.1) is 6.61 Å². The number of likely N-dealkylation sites (tertiary alicyclic amines) is 2. The Morgan fingerprint density at radius 1 is 1.25 bits per heavy atom. The number of hydrogen-bond acceptors (Lipinski definition) is 4. The Balaban J connectivity index is 0.000000345. The van der Waals surface area contributed by atoms with Gasteiger partial charge < -0.3 is 19.6 Å². The molecule has 2 fully saturated rings. The van der Waals surface area contributed by atoms with Gasteiger partial charge in [-0.05, 0) is 25.8 Å². The van der Waals surface area contributed by atoms with E-state index >= 15 is 0 Å². The SMILES string of the molecule is CCN1C[C@H](COC)[C@]2(CCN(C(=O)C3CC=CC3)C2)C1.O=C(O)C(F)(F)F. The molecule has 0 aromatic heterocycles. The average molecular weight is 406 g/mol. The zero-order chi connectivity index (χ0) is 20.9. The van der Waals surface area contributed by atoms with Crippen molar-refractivity contribution in [2.75, 3.05) is 46.4 Å². The summed E-state index contributed by atoms with van der Waals surface area (Å²) >= 11 is 0. The molecule has 3 aliphatic rings. The number of carboxylic acid groups (broad SMARTS) is 1. The van der Waals surface area contributed by atoms with Crippen molar-refractivity contribution in [1.82, 2.24) is 9.80 Å². The molecule has 0 aromatic rings. The minimum atomic E-state index is -5.08. The third-order valence-electron chi connectivity index (χ3n) is 5.99. The van der Waals surface area contributed by atoms with Gasteiger partial charge in [-0.15, -0.1) is 0 Å². The van der Waals surface area contributed by atoms with Crippen molar-refractivity contribution >= 4 is 11.9 Å².